The molecule has 0 aliphatic rings. The first kappa shape index (κ1) is 16.4. The van der Waals surface area contributed by atoms with Gasteiger partial charge in [-0.1, -0.05) is 34.5 Å². The van der Waals surface area contributed by atoms with Crippen LogP contribution in [0.5, 0.6) is 0 Å². The third kappa shape index (κ3) is 3.93. The van der Waals surface area contributed by atoms with Crippen LogP contribution in [0.4, 0.5) is 0 Å². The molecule has 0 heterocycles. The summed E-state index contributed by atoms with van der Waals surface area (Å²) in [6.45, 7) is 3.78. The molecule has 1 unspecified atom stereocenters. The smallest absolute Gasteiger partial charge is 0.207 e. The number of alkyl halides is 1. The second-order valence-corrected chi connectivity index (χ2v) is 7.73. The Bertz CT molecular complexity index is 530. The minimum atomic E-state index is -3.55. The maximum Gasteiger partial charge on any atom is 0.241 e. The van der Waals surface area contributed by atoms with Crippen molar-refractivity contribution in [1.29, 1.82) is 0 Å². The Hall–Kier alpha value is 0.380. The molecule has 0 saturated heterocycles. The minimum absolute atomic E-state index is 0.194. The third-order valence-corrected chi connectivity index (χ3v) is 6.75. The summed E-state index contributed by atoms with van der Waals surface area (Å²) in [5.74, 6) is 0. The van der Waals surface area contributed by atoms with Crippen LogP contribution in [-0.4, -0.2) is 19.3 Å². The first-order valence-corrected chi connectivity index (χ1v) is 9.06. The zero-order chi connectivity index (χ0) is 14.0. The van der Waals surface area contributed by atoms with Crippen LogP contribution in [0.1, 0.15) is 20.3 Å². The van der Waals surface area contributed by atoms with E-state index in [0.29, 0.717) is 21.2 Å². The molecule has 1 aromatic carbocycles. The van der Waals surface area contributed by atoms with Gasteiger partial charge in [0, 0.05) is 15.3 Å². The van der Waals surface area contributed by atoms with Gasteiger partial charge in [-0.2, -0.15) is 0 Å². The molecule has 3 nitrogen and oxygen atoms in total. The van der Waals surface area contributed by atoms with E-state index in [1.54, 1.807) is 6.07 Å². The molecule has 0 fully saturated rings. The molecule has 0 amide bonds. The Kier molecular flexibility index (Phi) is 5.68. The zero-order valence-electron chi connectivity index (χ0n) is 10.0. The van der Waals surface area contributed by atoms with E-state index in [-0.39, 0.29) is 4.90 Å². The second kappa shape index (κ2) is 6.22. The fourth-order valence-corrected chi connectivity index (χ4v) is 4.09. The van der Waals surface area contributed by atoms with Gasteiger partial charge in [0.1, 0.15) is 0 Å². The average molecular weight is 420 g/mol. The molecule has 0 aliphatic heterocycles. The van der Waals surface area contributed by atoms with Crippen molar-refractivity contribution in [2.75, 3.05) is 5.33 Å². The lowest BCUT2D eigenvalue weighted by molar-refractivity contribution is 0.449. The first-order chi connectivity index (χ1) is 8.24. The maximum atomic E-state index is 12.2. The quantitative estimate of drug-likeness (QED) is 0.735. The zero-order valence-corrected chi connectivity index (χ0v) is 14.7. The Labute approximate surface area is 130 Å². The van der Waals surface area contributed by atoms with Crippen molar-refractivity contribution >= 4 is 53.5 Å². The summed E-state index contributed by atoms with van der Waals surface area (Å²) in [7, 11) is -3.55. The number of halogens is 3. The van der Waals surface area contributed by atoms with Gasteiger partial charge in [0.2, 0.25) is 10.0 Å². The Balaban J connectivity index is 3.10. The SMILES string of the molecule is CCC(C)(CBr)NS(=O)(=O)c1ccc(Cl)c(Br)c1. The molecule has 0 radical (unpaired) electrons. The van der Waals surface area contributed by atoms with Gasteiger partial charge in [-0.05, 0) is 47.5 Å². The number of rotatable bonds is 5. The molecular weight excluding hydrogens is 405 g/mol. The summed E-state index contributed by atoms with van der Waals surface area (Å²) in [6.07, 6.45) is 0.687. The van der Waals surface area contributed by atoms with Crippen LogP contribution >= 0.6 is 43.5 Å². The van der Waals surface area contributed by atoms with Gasteiger partial charge in [0.15, 0.2) is 0 Å². The van der Waals surface area contributed by atoms with E-state index in [9.17, 15) is 8.42 Å². The molecule has 0 spiro atoms. The Morgan fingerprint density at radius 2 is 2.06 bits per heavy atom. The van der Waals surface area contributed by atoms with Crippen LogP contribution in [0.25, 0.3) is 0 Å². The highest BCUT2D eigenvalue weighted by atomic mass is 79.9. The molecule has 102 valence electrons. The highest BCUT2D eigenvalue weighted by molar-refractivity contribution is 9.10. The Morgan fingerprint density at radius 3 is 2.50 bits per heavy atom. The van der Waals surface area contributed by atoms with E-state index >= 15 is 0 Å². The molecule has 7 heteroatoms. The van der Waals surface area contributed by atoms with E-state index in [2.05, 4.69) is 36.6 Å². The largest absolute Gasteiger partial charge is 0.241 e. The highest BCUT2D eigenvalue weighted by Crippen LogP contribution is 2.26. The predicted molar refractivity (Wildman–Crippen MR) is 82.0 cm³/mol. The molecule has 1 aromatic rings. The van der Waals surface area contributed by atoms with Crippen LogP contribution in [0, 0.1) is 0 Å². The lowest BCUT2D eigenvalue weighted by atomic mass is 10.0. The monoisotopic (exact) mass is 417 g/mol. The first-order valence-electron chi connectivity index (χ1n) is 5.29. The van der Waals surface area contributed by atoms with E-state index in [1.807, 2.05) is 13.8 Å². The standard InChI is InChI=1S/C11H14Br2ClNO2S/c1-3-11(2,7-12)15-18(16,17)8-4-5-10(14)9(13)6-8/h4-6,15H,3,7H2,1-2H3. The van der Waals surface area contributed by atoms with Crippen LogP contribution in [0.3, 0.4) is 0 Å². The molecule has 1 N–H and O–H groups in total. The van der Waals surface area contributed by atoms with Crippen molar-refractivity contribution in [2.24, 2.45) is 0 Å². The van der Waals surface area contributed by atoms with Crippen LogP contribution < -0.4 is 4.72 Å². The van der Waals surface area contributed by atoms with Crippen LogP contribution in [0.2, 0.25) is 5.02 Å². The molecular formula is C11H14Br2ClNO2S. The second-order valence-electron chi connectivity index (χ2n) is 4.23. The third-order valence-electron chi connectivity index (χ3n) is 2.66. The van der Waals surface area contributed by atoms with Crippen LogP contribution in [0.15, 0.2) is 27.6 Å². The van der Waals surface area contributed by atoms with E-state index in [1.165, 1.54) is 12.1 Å². The normalized spacial score (nSPS) is 15.4. The lowest BCUT2D eigenvalue weighted by Crippen LogP contribution is -2.46. The molecule has 0 aromatic heterocycles. The van der Waals surface area contributed by atoms with Crippen molar-refractivity contribution in [3.63, 3.8) is 0 Å². The van der Waals surface area contributed by atoms with Gasteiger partial charge in [-0.3, -0.25) is 0 Å². The predicted octanol–water partition coefficient (Wildman–Crippen LogP) is 3.94. The Morgan fingerprint density at radius 1 is 1.44 bits per heavy atom. The number of hydrogen-bond donors (Lipinski definition) is 1. The van der Waals surface area contributed by atoms with Crippen molar-refractivity contribution in [3.8, 4) is 0 Å². The molecule has 18 heavy (non-hydrogen) atoms. The van der Waals surface area contributed by atoms with Crippen molar-refractivity contribution < 1.29 is 8.42 Å². The molecule has 1 atom stereocenters. The lowest BCUT2D eigenvalue weighted by Gasteiger charge is -2.26. The number of benzene rings is 1. The summed E-state index contributed by atoms with van der Waals surface area (Å²) >= 11 is 12.4. The summed E-state index contributed by atoms with van der Waals surface area (Å²) in [6, 6.07) is 4.53. The van der Waals surface area contributed by atoms with Gasteiger partial charge in [-0.25, -0.2) is 13.1 Å². The van der Waals surface area contributed by atoms with Gasteiger partial charge in [0.25, 0.3) is 0 Å². The van der Waals surface area contributed by atoms with Crippen molar-refractivity contribution in [3.05, 3.63) is 27.7 Å². The molecule has 0 aliphatic carbocycles. The summed E-state index contributed by atoms with van der Waals surface area (Å²) in [5, 5.41) is 1.03. The molecule has 1 rings (SSSR count). The van der Waals surface area contributed by atoms with Gasteiger partial charge < -0.3 is 0 Å². The minimum Gasteiger partial charge on any atom is -0.207 e. The summed E-state index contributed by atoms with van der Waals surface area (Å²) in [4.78, 5) is 0.194. The average Bonchev–Trinajstić information content (AvgIpc) is 2.32. The number of nitrogens with one attached hydrogen (secondary N) is 1. The van der Waals surface area contributed by atoms with Gasteiger partial charge in [-0.15, -0.1) is 0 Å². The molecule has 0 saturated carbocycles. The number of hydrogen-bond acceptors (Lipinski definition) is 2. The van der Waals surface area contributed by atoms with Gasteiger partial charge >= 0.3 is 0 Å². The van der Waals surface area contributed by atoms with Gasteiger partial charge in [0.05, 0.1) is 9.92 Å². The highest BCUT2D eigenvalue weighted by Gasteiger charge is 2.28. The van der Waals surface area contributed by atoms with E-state index in [4.69, 9.17) is 11.6 Å². The fraction of sp³-hybridized carbons (Fsp3) is 0.455. The number of sulfonamides is 1. The van der Waals surface area contributed by atoms with Crippen LogP contribution in [-0.2, 0) is 10.0 Å². The van der Waals surface area contributed by atoms with Crippen molar-refractivity contribution in [1.82, 2.24) is 4.72 Å². The molecule has 0 bridgehead atoms. The maximum absolute atomic E-state index is 12.2. The fourth-order valence-electron chi connectivity index (χ4n) is 1.22. The van der Waals surface area contributed by atoms with Crippen molar-refractivity contribution in [2.45, 2.75) is 30.7 Å². The summed E-state index contributed by atoms with van der Waals surface area (Å²) in [5.41, 5.74) is -0.509. The van der Waals surface area contributed by atoms with E-state index < -0.39 is 15.6 Å². The van der Waals surface area contributed by atoms with E-state index in [0.717, 1.165) is 0 Å². The topological polar surface area (TPSA) is 46.2 Å². The summed E-state index contributed by atoms with van der Waals surface area (Å²) < 4.78 is 27.7.